The maximum absolute atomic E-state index is 11.3. The summed E-state index contributed by atoms with van der Waals surface area (Å²) in [4.78, 5) is 13.7. The highest BCUT2D eigenvalue weighted by Gasteiger charge is 2.09. The number of amides is 1. The van der Waals surface area contributed by atoms with Crippen LogP contribution in [-0.2, 0) is 0 Å². The fourth-order valence-electron chi connectivity index (χ4n) is 1.90. The van der Waals surface area contributed by atoms with E-state index in [0.717, 1.165) is 25.4 Å². The van der Waals surface area contributed by atoms with Gasteiger partial charge in [-0.1, -0.05) is 0 Å². The normalized spacial score (nSPS) is 16.1. The van der Waals surface area contributed by atoms with Gasteiger partial charge in [0, 0.05) is 36.7 Å². The molecule has 0 radical (unpaired) electrons. The molecule has 1 fully saturated rings. The first-order valence-electron chi connectivity index (χ1n) is 6.33. The molecule has 0 atom stereocenters. The number of benzene rings is 1. The van der Waals surface area contributed by atoms with Gasteiger partial charge in [0.1, 0.15) is 12.4 Å². The summed E-state index contributed by atoms with van der Waals surface area (Å²) >= 11 is 2.00. The molecule has 1 amide bonds. The van der Waals surface area contributed by atoms with E-state index in [2.05, 4.69) is 10.3 Å². The third-order valence-corrected chi connectivity index (χ3v) is 3.97. The standard InChI is InChI=1S/C13H19N3O2S/c14-15-13(17)11-1-3-12(4-2-11)18-8-5-16-6-9-19-10-7-16/h1-4H,5-10,14H2,(H,15,17). The van der Waals surface area contributed by atoms with Gasteiger partial charge in [0.2, 0.25) is 0 Å². The summed E-state index contributed by atoms with van der Waals surface area (Å²) in [6.45, 7) is 3.91. The molecule has 1 heterocycles. The van der Waals surface area contributed by atoms with E-state index in [0.29, 0.717) is 12.2 Å². The molecule has 2 rings (SSSR count). The second-order valence-corrected chi connectivity index (χ2v) is 5.53. The molecule has 3 N–H and O–H groups in total. The number of rotatable bonds is 5. The molecule has 1 aromatic carbocycles. The Morgan fingerprint density at radius 1 is 1.32 bits per heavy atom. The van der Waals surface area contributed by atoms with Crippen molar-refractivity contribution in [2.75, 3.05) is 37.7 Å². The van der Waals surface area contributed by atoms with Gasteiger partial charge >= 0.3 is 0 Å². The molecule has 0 bridgehead atoms. The average Bonchev–Trinajstić information content (AvgIpc) is 2.48. The minimum Gasteiger partial charge on any atom is -0.492 e. The highest BCUT2D eigenvalue weighted by atomic mass is 32.2. The van der Waals surface area contributed by atoms with E-state index < -0.39 is 0 Å². The Morgan fingerprint density at radius 3 is 2.63 bits per heavy atom. The van der Waals surface area contributed by atoms with Crippen molar-refractivity contribution in [1.29, 1.82) is 0 Å². The van der Waals surface area contributed by atoms with Crippen LogP contribution in [0.3, 0.4) is 0 Å². The summed E-state index contributed by atoms with van der Waals surface area (Å²) in [6.07, 6.45) is 0. The lowest BCUT2D eigenvalue weighted by molar-refractivity contribution is 0.0953. The van der Waals surface area contributed by atoms with Crippen molar-refractivity contribution in [1.82, 2.24) is 10.3 Å². The van der Waals surface area contributed by atoms with Gasteiger partial charge in [-0.05, 0) is 24.3 Å². The van der Waals surface area contributed by atoms with Crippen LogP contribution in [0, 0.1) is 0 Å². The average molecular weight is 281 g/mol. The van der Waals surface area contributed by atoms with E-state index >= 15 is 0 Å². The molecule has 104 valence electrons. The number of hydrazine groups is 1. The predicted molar refractivity (Wildman–Crippen MR) is 77.4 cm³/mol. The highest BCUT2D eigenvalue weighted by Crippen LogP contribution is 2.13. The number of nitrogens with one attached hydrogen (secondary N) is 1. The fourth-order valence-corrected chi connectivity index (χ4v) is 2.88. The molecule has 19 heavy (non-hydrogen) atoms. The Bertz CT molecular complexity index is 405. The van der Waals surface area contributed by atoms with Gasteiger partial charge in [-0.25, -0.2) is 5.84 Å². The lowest BCUT2D eigenvalue weighted by atomic mass is 10.2. The summed E-state index contributed by atoms with van der Waals surface area (Å²) in [5, 5.41) is 0. The number of hydrogen-bond donors (Lipinski definition) is 2. The molecule has 6 heteroatoms. The van der Waals surface area contributed by atoms with E-state index in [1.54, 1.807) is 24.3 Å². The summed E-state index contributed by atoms with van der Waals surface area (Å²) in [6, 6.07) is 6.98. The van der Waals surface area contributed by atoms with Gasteiger partial charge in [0.25, 0.3) is 5.91 Å². The molecule has 1 aromatic rings. The smallest absolute Gasteiger partial charge is 0.265 e. The highest BCUT2D eigenvalue weighted by molar-refractivity contribution is 7.99. The number of hydrogen-bond acceptors (Lipinski definition) is 5. The Kier molecular flexibility index (Phi) is 5.50. The van der Waals surface area contributed by atoms with Gasteiger partial charge in [-0.15, -0.1) is 0 Å². The zero-order valence-corrected chi connectivity index (χ0v) is 11.6. The van der Waals surface area contributed by atoms with E-state index in [1.165, 1.54) is 11.5 Å². The van der Waals surface area contributed by atoms with Crippen LogP contribution in [-0.4, -0.2) is 48.6 Å². The van der Waals surface area contributed by atoms with Gasteiger partial charge in [0.15, 0.2) is 0 Å². The van der Waals surface area contributed by atoms with Crippen molar-refractivity contribution in [2.24, 2.45) is 5.84 Å². The maximum atomic E-state index is 11.3. The number of nitrogen functional groups attached to an aromatic ring is 1. The van der Waals surface area contributed by atoms with Crippen LogP contribution in [0.25, 0.3) is 0 Å². The monoisotopic (exact) mass is 281 g/mol. The van der Waals surface area contributed by atoms with Crippen LogP contribution >= 0.6 is 11.8 Å². The Hall–Kier alpha value is -1.24. The quantitative estimate of drug-likeness (QED) is 0.473. The van der Waals surface area contributed by atoms with Crippen molar-refractivity contribution in [2.45, 2.75) is 0 Å². The minimum absolute atomic E-state index is 0.294. The Balaban J connectivity index is 1.75. The number of ether oxygens (including phenoxy) is 1. The molecular formula is C13H19N3O2S. The van der Waals surface area contributed by atoms with Crippen molar-refractivity contribution in [3.8, 4) is 5.75 Å². The predicted octanol–water partition coefficient (Wildman–Crippen LogP) is 0.718. The molecule has 5 nitrogen and oxygen atoms in total. The Morgan fingerprint density at radius 2 is 2.00 bits per heavy atom. The van der Waals surface area contributed by atoms with Crippen LogP contribution in [0.4, 0.5) is 0 Å². The van der Waals surface area contributed by atoms with Crippen molar-refractivity contribution in [3.63, 3.8) is 0 Å². The number of carbonyl (C=O) groups excluding carboxylic acids is 1. The largest absolute Gasteiger partial charge is 0.492 e. The molecular weight excluding hydrogens is 262 g/mol. The van der Waals surface area contributed by atoms with Gasteiger partial charge in [-0.3, -0.25) is 15.1 Å². The van der Waals surface area contributed by atoms with Crippen LogP contribution in [0.2, 0.25) is 0 Å². The van der Waals surface area contributed by atoms with Crippen molar-refractivity contribution < 1.29 is 9.53 Å². The SMILES string of the molecule is NNC(=O)c1ccc(OCCN2CCSCC2)cc1. The molecule has 0 aliphatic carbocycles. The van der Waals surface area contributed by atoms with Crippen LogP contribution in [0.5, 0.6) is 5.75 Å². The van der Waals surface area contributed by atoms with Crippen LogP contribution in [0.1, 0.15) is 10.4 Å². The summed E-state index contributed by atoms with van der Waals surface area (Å²) < 4.78 is 5.67. The van der Waals surface area contributed by atoms with Crippen molar-refractivity contribution in [3.05, 3.63) is 29.8 Å². The second-order valence-electron chi connectivity index (χ2n) is 4.30. The summed E-state index contributed by atoms with van der Waals surface area (Å²) in [7, 11) is 0. The van der Waals surface area contributed by atoms with Gasteiger partial charge < -0.3 is 4.74 Å². The lowest BCUT2D eigenvalue weighted by Crippen LogP contribution is -2.35. The zero-order chi connectivity index (χ0) is 13.5. The molecule has 0 unspecified atom stereocenters. The second kappa shape index (κ2) is 7.37. The van der Waals surface area contributed by atoms with Crippen LogP contribution < -0.4 is 16.0 Å². The lowest BCUT2D eigenvalue weighted by Gasteiger charge is -2.25. The number of carbonyl (C=O) groups is 1. The number of nitrogens with zero attached hydrogens (tertiary/aromatic N) is 1. The topological polar surface area (TPSA) is 67.6 Å². The first kappa shape index (κ1) is 14.2. The third kappa shape index (κ3) is 4.41. The molecule has 0 spiro atoms. The van der Waals surface area contributed by atoms with E-state index in [1.807, 2.05) is 11.8 Å². The van der Waals surface area contributed by atoms with Crippen molar-refractivity contribution >= 4 is 17.7 Å². The number of thioether (sulfide) groups is 1. The molecule has 0 aromatic heterocycles. The summed E-state index contributed by atoms with van der Waals surface area (Å²) in [5.41, 5.74) is 2.63. The van der Waals surface area contributed by atoms with E-state index in [4.69, 9.17) is 10.6 Å². The third-order valence-electron chi connectivity index (χ3n) is 3.03. The Labute approximate surface area is 117 Å². The molecule has 1 aliphatic heterocycles. The maximum Gasteiger partial charge on any atom is 0.265 e. The first-order valence-corrected chi connectivity index (χ1v) is 7.49. The molecule has 0 saturated carbocycles. The minimum atomic E-state index is -0.294. The molecule has 1 aliphatic rings. The van der Waals surface area contributed by atoms with Gasteiger partial charge in [0.05, 0.1) is 0 Å². The van der Waals surface area contributed by atoms with E-state index in [9.17, 15) is 4.79 Å². The first-order chi connectivity index (χ1) is 9.29. The van der Waals surface area contributed by atoms with Crippen LogP contribution in [0.15, 0.2) is 24.3 Å². The van der Waals surface area contributed by atoms with E-state index in [-0.39, 0.29) is 5.91 Å². The summed E-state index contributed by atoms with van der Waals surface area (Å²) in [5.74, 6) is 7.97. The van der Waals surface area contributed by atoms with Gasteiger partial charge in [-0.2, -0.15) is 11.8 Å². The fraction of sp³-hybridized carbons (Fsp3) is 0.462. The zero-order valence-electron chi connectivity index (χ0n) is 10.8. The number of nitrogens with two attached hydrogens (primary N) is 1. The molecule has 1 saturated heterocycles.